The van der Waals surface area contributed by atoms with Crippen molar-refractivity contribution in [3.63, 3.8) is 0 Å². The Balaban J connectivity index is 1.81. The normalized spacial score (nSPS) is 17.3. The molecule has 1 aromatic carbocycles. The van der Waals surface area contributed by atoms with E-state index in [0.29, 0.717) is 5.41 Å². The first-order valence-corrected chi connectivity index (χ1v) is 7.59. The second-order valence-corrected chi connectivity index (χ2v) is 6.84. The second-order valence-electron chi connectivity index (χ2n) is 6.84. The van der Waals surface area contributed by atoms with Gasteiger partial charge in [-0.15, -0.1) is 0 Å². The van der Waals surface area contributed by atoms with E-state index in [1.54, 1.807) is 7.11 Å². The third kappa shape index (κ3) is 4.41. The van der Waals surface area contributed by atoms with Crippen LogP contribution in [0.15, 0.2) is 24.3 Å². The summed E-state index contributed by atoms with van der Waals surface area (Å²) in [5, 5.41) is 0. The van der Waals surface area contributed by atoms with Crippen LogP contribution >= 0.6 is 0 Å². The van der Waals surface area contributed by atoms with E-state index in [0.717, 1.165) is 18.8 Å². The zero-order valence-corrected chi connectivity index (χ0v) is 13.4. The maximum absolute atomic E-state index is 5.21. The molecule has 1 fully saturated rings. The summed E-state index contributed by atoms with van der Waals surface area (Å²) in [6.07, 6.45) is 1.27. The fourth-order valence-electron chi connectivity index (χ4n) is 2.52. The van der Waals surface area contributed by atoms with E-state index in [9.17, 15) is 0 Å². The van der Waals surface area contributed by atoms with Crippen LogP contribution in [0, 0.1) is 5.41 Å². The van der Waals surface area contributed by atoms with E-state index in [2.05, 4.69) is 42.7 Å². The van der Waals surface area contributed by atoms with Crippen LogP contribution in [0.1, 0.15) is 27.2 Å². The van der Waals surface area contributed by atoms with Gasteiger partial charge in [0.15, 0.2) is 0 Å². The van der Waals surface area contributed by atoms with Crippen molar-refractivity contribution in [3.8, 4) is 5.75 Å². The molecule has 1 aliphatic heterocycles. The molecule has 3 nitrogen and oxygen atoms in total. The number of nitrogens with zero attached hydrogens (tertiary/aromatic N) is 2. The van der Waals surface area contributed by atoms with E-state index >= 15 is 0 Å². The molecule has 0 unspecified atom stereocenters. The van der Waals surface area contributed by atoms with Crippen LogP contribution in [-0.2, 0) is 0 Å². The lowest BCUT2D eigenvalue weighted by Crippen LogP contribution is -2.47. The first kappa shape index (κ1) is 15.2. The average molecular weight is 276 g/mol. The van der Waals surface area contributed by atoms with E-state index < -0.39 is 0 Å². The van der Waals surface area contributed by atoms with Crippen molar-refractivity contribution in [2.45, 2.75) is 27.2 Å². The van der Waals surface area contributed by atoms with Crippen LogP contribution in [0.2, 0.25) is 0 Å². The molecule has 0 spiro atoms. The summed E-state index contributed by atoms with van der Waals surface area (Å²) in [6.45, 7) is 12.8. The van der Waals surface area contributed by atoms with Crippen LogP contribution in [0.3, 0.4) is 0 Å². The fraction of sp³-hybridized carbons (Fsp3) is 0.647. The largest absolute Gasteiger partial charge is 0.497 e. The summed E-state index contributed by atoms with van der Waals surface area (Å²) in [6, 6.07) is 8.40. The number of anilines is 1. The third-order valence-electron chi connectivity index (χ3n) is 3.99. The maximum atomic E-state index is 5.21. The smallest absolute Gasteiger partial charge is 0.119 e. The molecule has 0 amide bonds. The van der Waals surface area contributed by atoms with Gasteiger partial charge >= 0.3 is 0 Å². The fourth-order valence-corrected chi connectivity index (χ4v) is 2.52. The molecule has 1 saturated heterocycles. The number of hydrogen-bond donors (Lipinski definition) is 0. The molecule has 0 atom stereocenters. The van der Waals surface area contributed by atoms with Crippen molar-refractivity contribution >= 4 is 5.69 Å². The Kier molecular flexibility index (Phi) is 4.92. The molecule has 2 rings (SSSR count). The zero-order valence-electron chi connectivity index (χ0n) is 13.4. The SMILES string of the molecule is COc1ccc(N2CCN(CCC(C)(C)C)CC2)cc1. The number of piperazine rings is 1. The highest BCUT2D eigenvalue weighted by molar-refractivity contribution is 5.49. The quantitative estimate of drug-likeness (QED) is 0.839. The number of rotatable bonds is 4. The van der Waals surface area contributed by atoms with E-state index in [4.69, 9.17) is 4.74 Å². The van der Waals surface area contributed by atoms with Crippen molar-refractivity contribution in [2.24, 2.45) is 5.41 Å². The number of ether oxygens (including phenoxy) is 1. The summed E-state index contributed by atoms with van der Waals surface area (Å²) in [4.78, 5) is 5.05. The molecule has 20 heavy (non-hydrogen) atoms. The summed E-state index contributed by atoms with van der Waals surface area (Å²) < 4.78 is 5.21. The Labute approximate surface area is 123 Å². The third-order valence-corrected chi connectivity index (χ3v) is 3.99. The number of benzene rings is 1. The van der Waals surface area contributed by atoms with Gasteiger partial charge in [0.2, 0.25) is 0 Å². The maximum Gasteiger partial charge on any atom is 0.119 e. The predicted molar refractivity (Wildman–Crippen MR) is 85.7 cm³/mol. The van der Waals surface area contributed by atoms with Gasteiger partial charge in [0.1, 0.15) is 5.75 Å². The Bertz CT molecular complexity index is 400. The zero-order chi connectivity index (χ0) is 14.6. The summed E-state index contributed by atoms with van der Waals surface area (Å²) in [7, 11) is 1.71. The second kappa shape index (κ2) is 6.49. The van der Waals surface area contributed by atoms with Gasteiger partial charge in [0, 0.05) is 31.9 Å². The van der Waals surface area contributed by atoms with Gasteiger partial charge in [-0.1, -0.05) is 20.8 Å². The molecule has 1 heterocycles. The molecule has 0 bridgehead atoms. The van der Waals surface area contributed by atoms with Crippen molar-refractivity contribution in [1.82, 2.24) is 4.90 Å². The average Bonchev–Trinajstić information content (AvgIpc) is 2.45. The standard InChI is InChI=1S/C17H28N2O/c1-17(2,3)9-10-18-11-13-19(14-12-18)15-5-7-16(20-4)8-6-15/h5-8H,9-14H2,1-4H3. The lowest BCUT2D eigenvalue weighted by atomic mass is 9.92. The molecule has 0 aliphatic carbocycles. The van der Waals surface area contributed by atoms with Crippen molar-refractivity contribution in [1.29, 1.82) is 0 Å². The monoisotopic (exact) mass is 276 g/mol. The Morgan fingerprint density at radius 3 is 2.10 bits per heavy atom. The minimum absolute atomic E-state index is 0.438. The summed E-state index contributed by atoms with van der Waals surface area (Å²) in [5.41, 5.74) is 1.74. The summed E-state index contributed by atoms with van der Waals surface area (Å²) >= 11 is 0. The first-order valence-electron chi connectivity index (χ1n) is 7.59. The minimum Gasteiger partial charge on any atom is -0.497 e. The highest BCUT2D eigenvalue weighted by Gasteiger charge is 2.19. The van der Waals surface area contributed by atoms with Gasteiger partial charge in [0.25, 0.3) is 0 Å². The van der Waals surface area contributed by atoms with Gasteiger partial charge in [-0.05, 0) is 42.6 Å². The Morgan fingerprint density at radius 1 is 1.00 bits per heavy atom. The lowest BCUT2D eigenvalue weighted by Gasteiger charge is -2.37. The minimum atomic E-state index is 0.438. The molecule has 1 aromatic rings. The highest BCUT2D eigenvalue weighted by Crippen LogP contribution is 2.22. The van der Waals surface area contributed by atoms with Gasteiger partial charge in [-0.25, -0.2) is 0 Å². The van der Waals surface area contributed by atoms with Crippen molar-refractivity contribution < 1.29 is 4.74 Å². The molecule has 112 valence electrons. The Hall–Kier alpha value is -1.22. The number of hydrogen-bond acceptors (Lipinski definition) is 3. The van der Waals surface area contributed by atoms with E-state index in [-0.39, 0.29) is 0 Å². The first-order chi connectivity index (χ1) is 9.48. The Morgan fingerprint density at radius 2 is 1.60 bits per heavy atom. The molecule has 3 heteroatoms. The van der Waals surface area contributed by atoms with Gasteiger partial charge in [0.05, 0.1) is 7.11 Å². The van der Waals surface area contributed by atoms with Crippen LogP contribution in [0.4, 0.5) is 5.69 Å². The van der Waals surface area contributed by atoms with Crippen LogP contribution in [0.25, 0.3) is 0 Å². The van der Waals surface area contributed by atoms with Crippen LogP contribution in [0.5, 0.6) is 5.75 Å². The molecule has 0 saturated carbocycles. The highest BCUT2D eigenvalue weighted by atomic mass is 16.5. The van der Waals surface area contributed by atoms with E-state index in [1.165, 1.54) is 31.7 Å². The van der Waals surface area contributed by atoms with Crippen LogP contribution < -0.4 is 9.64 Å². The molecule has 0 radical (unpaired) electrons. The van der Waals surface area contributed by atoms with Gasteiger partial charge in [-0.3, -0.25) is 4.90 Å². The number of methoxy groups -OCH3 is 1. The predicted octanol–water partition coefficient (Wildman–Crippen LogP) is 3.25. The van der Waals surface area contributed by atoms with Gasteiger partial charge in [-0.2, -0.15) is 0 Å². The molecule has 0 N–H and O–H groups in total. The topological polar surface area (TPSA) is 15.7 Å². The van der Waals surface area contributed by atoms with Crippen molar-refractivity contribution in [3.05, 3.63) is 24.3 Å². The van der Waals surface area contributed by atoms with Crippen molar-refractivity contribution in [2.75, 3.05) is 44.7 Å². The van der Waals surface area contributed by atoms with Crippen LogP contribution in [-0.4, -0.2) is 44.7 Å². The molecule has 1 aliphatic rings. The van der Waals surface area contributed by atoms with Gasteiger partial charge < -0.3 is 9.64 Å². The molecular formula is C17H28N2O. The molecular weight excluding hydrogens is 248 g/mol. The lowest BCUT2D eigenvalue weighted by molar-refractivity contribution is 0.217. The van der Waals surface area contributed by atoms with E-state index in [1.807, 2.05) is 12.1 Å². The summed E-state index contributed by atoms with van der Waals surface area (Å²) in [5.74, 6) is 0.928. The molecule has 0 aromatic heterocycles.